The molecule has 1 aliphatic carbocycles. The third kappa shape index (κ3) is 4.68. The van der Waals surface area contributed by atoms with Crippen LogP contribution in [0, 0.1) is 5.92 Å². The first kappa shape index (κ1) is 16.2. The number of aliphatic hydroxyl groups is 1. The number of carbonyl (C=O) groups excluding carboxylic acids is 1. The zero-order valence-corrected chi connectivity index (χ0v) is 12.5. The molecule has 0 aromatic carbocycles. The van der Waals surface area contributed by atoms with Crippen molar-refractivity contribution in [3.8, 4) is 0 Å². The zero-order valence-electron chi connectivity index (χ0n) is 12.5. The number of carboxylic acids is 1. The molecule has 120 valence electrons. The van der Waals surface area contributed by atoms with Gasteiger partial charge in [-0.1, -0.05) is 12.8 Å². The monoisotopic (exact) mass is 298 g/mol. The Bertz CT molecular complexity index is 388. The largest absolute Gasteiger partial charge is 0.481 e. The van der Waals surface area contributed by atoms with Crippen LogP contribution < -0.4 is 5.32 Å². The minimum atomic E-state index is -0.836. The Hall–Kier alpha value is -1.14. The van der Waals surface area contributed by atoms with Crippen molar-refractivity contribution in [3.63, 3.8) is 0 Å². The zero-order chi connectivity index (χ0) is 15.3. The highest BCUT2D eigenvalue weighted by Gasteiger charge is 2.42. The van der Waals surface area contributed by atoms with Crippen LogP contribution in [0.3, 0.4) is 0 Å². The van der Waals surface area contributed by atoms with Gasteiger partial charge in [0.05, 0.1) is 12.1 Å². The highest BCUT2D eigenvalue weighted by molar-refractivity contribution is 5.78. The van der Waals surface area contributed by atoms with Crippen molar-refractivity contribution in [2.45, 2.75) is 50.5 Å². The fourth-order valence-corrected chi connectivity index (χ4v) is 3.51. The van der Waals surface area contributed by atoms with E-state index in [0.717, 1.165) is 38.8 Å². The van der Waals surface area contributed by atoms with Gasteiger partial charge in [-0.15, -0.1) is 0 Å². The maximum absolute atomic E-state index is 11.8. The molecule has 1 amide bonds. The summed E-state index contributed by atoms with van der Waals surface area (Å²) < 4.78 is 0. The molecule has 3 N–H and O–H groups in total. The van der Waals surface area contributed by atoms with Gasteiger partial charge < -0.3 is 15.5 Å². The average Bonchev–Trinajstić information content (AvgIpc) is 2.43. The van der Waals surface area contributed by atoms with Crippen molar-refractivity contribution in [1.29, 1.82) is 0 Å². The van der Waals surface area contributed by atoms with Crippen molar-refractivity contribution in [3.05, 3.63) is 0 Å². The Labute approximate surface area is 125 Å². The number of carbonyl (C=O) groups is 2. The lowest BCUT2D eigenvalue weighted by molar-refractivity contribution is -0.137. The molecule has 0 aromatic rings. The number of nitrogens with one attached hydrogen (secondary N) is 1. The molecule has 1 saturated carbocycles. The third-order valence-electron chi connectivity index (χ3n) is 4.77. The average molecular weight is 298 g/mol. The summed E-state index contributed by atoms with van der Waals surface area (Å²) in [5.41, 5.74) is -0.507. The first-order valence-electron chi connectivity index (χ1n) is 7.93. The van der Waals surface area contributed by atoms with Crippen LogP contribution in [0.15, 0.2) is 0 Å². The molecule has 2 atom stereocenters. The Kier molecular flexibility index (Phi) is 5.58. The lowest BCUT2D eigenvalue weighted by Crippen LogP contribution is -2.54. The van der Waals surface area contributed by atoms with Crippen LogP contribution in [0.25, 0.3) is 0 Å². The van der Waals surface area contributed by atoms with E-state index in [0.29, 0.717) is 25.4 Å². The van der Waals surface area contributed by atoms with E-state index in [2.05, 4.69) is 10.2 Å². The van der Waals surface area contributed by atoms with E-state index in [1.807, 2.05) is 0 Å². The second-order valence-corrected chi connectivity index (χ2v) is 6.38. The summed E-state index contributed by atoms with van der Waals surface area (Å²) in [4.78, 5) is 24.3. The van der Waals surface area contributed by atoms with Crippen LogP contribution in [0.4, 0.5) is 0 Å². The molecule has 1 saturated heterocycles. The Morgan fingerprint density at radius 2 is 2.10 bits per heavy atom. The van der Waals surface area contributed by atoms with Crippen LogP contribution in [-0.4, -0.2) is 58.8 Å². The maximum atomic E-state index is 11.8. The van der Waals surface area contributed by atoms with Crippen molar-refractivity contribution >= 4 is 11.9 Å². The molecule has 6 heteroatoms. The molecule has 2 rings (SSSR count). The molecule has 0 bridgehead atoms. The van der Waals surface area contributed by atoms with Gasteiger partial charge in [0.25, 0.3) is 0 Å². The molecule has 0 aromatic heterocycles. The van der Waals surface area contributed by atoms with Crippen LogP contribution >= 0.6 is 0 Å². The number of carboxylic acid groups (broad SMARTS) is 1. The molecule has 0 spiro atoms. The smallest absolute Gasteiger partial charge is 0.303 e. The van der Waals surface area contributed by atoms with E-state index in [9.17, 15) is 14.7 Å². The molecular formula is C15H26N2O4. The molecular weight excluding hydrogens is 272 g/mol. The quantitative estimate of drug-likeness (QED) is 0.625. The minimum absolute atomic E-state index is 0.0540. The highest BCUT2D eigenvalue weighted by atomic mass is 16.4. The lowest BCUT2D eigenvalue weighted by atomic mass is 9.71. The topological polar surface area (TPSA) is 89.9 Å². The summed E-state index contributed by atoms with van der Waals surface area (Å²) in [5, 5.41) is 21.9. The van der Waals surface area contributed by atoms with Crippen molar-refractivity contribution in [2.75, 3.05) is 26.2 Å². The first-order chi connectivity index (χ1) is 9.99. The molecule has 6 nitrogen and oxygen atoms in total. The summed E-state index contributed by atoms with van der Waals surface area (Å²) in [6, 6.07) is 0. The van der Waals surface area contributed by atoms with Crippen LogP contribution in [-0.2, 0) is 9.59 Å². The van der Waals surface area contributed by atoms with E-state index in [4.69, 9.17) is 5.11 Å². The summed E-state index contributed by atoms with van der Waals surface area (Å²) in [6.07, 6.45) is 5.52. The Morgan fingerprint density at radius 3 is 2.86 bits per heavy atom. The predicted molar refractivity (Wildman–Crippen MR) is 77.8 cm³/mol. The summed E-state index contributed by atoms with van der Waals surface area (Å²) in [6.45, 7) is 2.31. The van der Waals surface area contributed by atoms with Gasteiger partial charge in [-0.2, -0.15) is 0 Å². The van der Waals surface area contributed by atoms with E-state index in [1.165, 1.54) is 6.42 Å². The molecule has 1 aliphatic heterocycles. The fraction of sp³-hybridized carbons (Fsp3) is 0.867. The Balaban J connectivity index is 1.69. The number of hydrogen-bond acceptors (Lipinski definition) is 4. The minimum Gasteiger partial charge on any atom is -0.481 e. The number of nitrogens with zero attached hydrogens (tertiary/aromatic N) is 1. The number of likely N-dealkylation sites (tertiary alicyclic amines) is 1. The van der Waals surface area contributed by atoms with Gasteiger partial charge >= 0.3 is 5.97 Å². The number of amides is 1. The number of rotatable bonds is 6. The predicted octanol–water partition coefficient (Wildman–Crippen LogP) is 0.594. The fourth-order valence-electron chi connectivity index (χ4n) is 3.51. The van der Waals surface area contributed by atoms with Gasteiger partial charge in [0.2, 0.25) is 5.91 Å². The van der Waals surface area contributed by atoms with Crippen LogP contribution in [0.2, 0.25) is 0 Å². The van der Waals surface area contributed by atoms with E-state index >= 15 is 0 Å². The standard InChI is InChI=1S/C15H26N2O4/c18-13(16-8-3-5-14(19)20)11-17-9-7-15(21)6-2-1-4-12(15)10-17/h12,21H,1-11H2,(H,16,18)(H,19,20). The van der Waals surface area contributed by atoms with Crippen LogP contribution in [0.1, 0.15) is 44.9 Å². The SMILES string of the molecule is O=C(O)CCCNC(=O)CN1CCC2(O)CCCCC2C1. The van der Waals surface area contributed by atoms with Crippen molar-refractivity contribution in [2.24, 2.45) is 5.92 Å². The molecule has 21 heavy (non-hydrogen) atoms. The summed E-state index contributed by atoms with van der Waals surface area (Å²) >= 11 is 0. The summed E-state index contributed by atoms with van der Waals surface area (Å²) in [5.74, 6) is -0.599. The van der Waals surface area contributed by atoms with Gasteiger partial charge in [-0.25, -0.2) is 0 Å². The van der Waals surface area contributed by atoms with E-state index < -0.39 is 11.6 Å². The molecule has 0 radical (unpaired) electrons. The van der Waals surface area contributed by atoms with Gasteiger partial charge in [-0.05, 0) is 25.7 Å². The number of aliphatic carboxylic acids is 1. The highest BCUT2D eigenvalue weighted by Crippen LogP contribution is 2.39. The molecule has 1 heterocycles. The normalized spacial score (nSPS) is 29.7. The second-order valence-electron chi connectivity index (χ2n) is 6.38. The van der Waals surface area contributed by atoms with E-state index in [1.54, 1.807) is 0 Å². The molecule has 2 fully saturated rings. The van der Waals surface area contributed by atoms with Crippen LogP contribution in [0.5, 0.6) is 0 Å². The number of fused-ring (bicyclic) bond motifs is 1. The van der Waals surface area contributed by atoms with Gasteiger partial charge in [0, 0.05) is 32.0 Å². The van der Waals surface area contributed by atoms with Gasteiger partial charge in [0.1, 0.15) is 0 Å². The maximum Gasteiger partial charge on any atom is 0.303 e. The van der Waals surface area contributed by atoms with Gasteiger partial charge in [0.15, 0.2) is 0 Å². The Morgan fingerprint density at radius 1 is 1.29 bits per heavy atom. The van der Waals surface area contributed by atoms with Crippen molar-refractivity contribution in [1.82, 2.24) is 10.2 Å². The lowest BCUT2D eigenvalue weighted by Gasteiger charge is -2.47. The first-order valence-corrected chi connectivity index (χ1v) is 7.93. The number of piperidine rings is 1. The number of hydrogen-bond donors (Lipinski definition) is 3. The van der Waals surface area contributed by atoms with Gasteiger partial charge in [-0.3, -0.25) is 14.5 Å². The second kappa shape index (κ2) is 7.22. The molecule has 2 unspecified atom stereocenters. The summed E-state index contributed by atoms with van der Waals surface area (Å²) in [7, 11) is 0. The van der Waals surface area contributed by atoms with Crippen molar-refractivity contribution < 1.29 is 19.8 Å². The molecule has 2 aliphatic rings. The van der Waals surface area contributed by atoms with E-state index in [-0.39, 0.29) is 12.3 Å². The third-order valence-corrected chi connectivity index (χ3v) is 4.77.